The van der Waals surface area contributed by atoms with E-state index in [9.17, 15) is 0 Å². The molecule has 3 aromatic carbocycles. The lowest BCUT2D eigenvalue weighted by Gasteiger charge is -2.49. The number of para-hydroxylation sites is 3. The van der Waals surface area contributed by atoms with Gasteiger partial charge in [-0.15, -0.1) is 0 Å². The third kappa shape index (κ3) is 1.34. The van der Waals surface area contributed by atoms with Crippen LogP contribution in [-0.2, 0) is 5.41 Å². The summed E-state index contributed by atoms with van der Waals surface area (Å²) in [6, 6.07) is 19.8. The Hall–Kier alpha value is -3.06. The van der Waals surface area contributed by atoms with Gasteiger partial charge in [-0.25, -0.2) is 0 Å². The van der Waals surface area contributed by atoms with Crippen molar-refractivity contribution in [3.8, 4) is 0 Å². The number of benzene rings is 3. The first-order valence-corrected chi connectivity index (χ1v) is 9.11. The van der Waals surface area contributed by atoms with E-state index in [1.165, 1.54) is 50.4 Å². The summed E-state index contributed by atoms with van der Waals surface area (Å²) in [6.07, 6.45) is 0. The molecular weight excluding hydrogens is 314 g/mol. The van der Waals surface area contributed by atoms with Gasteiger partial charge in [0.05, 0.1) is 17.1 Å². The molecule has 3 heterocycles. The maximum Gasteiger partial charge on any atom is 0.0619 e. The van der Waals surface area contributed by atoms with E-state index < -0.39 is 0 Å². The second-order valence-corrected chi connectivity index (χ2v) is 8.02. The molecule has 3 aliphatic rings. The Balaban J connectivity index is 1.89. The van der Waals surface area contributed by atoms with Crippen molar-refractivity contribution < 1.29 is 0 Å². The summed E-state index contributed by atoms with van der Waals surface area (Å²) < 4.78 is 0. The van der Waals surface area contributed by atoms with Crippen LogP contribution in [0.1, 0.15) is 47.2 Å². The highest BCUT2D eigenvalue weighted by atomic mass is 15.2. The molecule has 26 heavy (non-hydrogen) atoms. The third-order valence-corrected chi connectivity index (χ3v) is 6.43. The van der Waals surface area contributed by atoms with E-state index in [2.05, 4.69) is 86.5 Å². The molecule has 0 radical (unpaired) electrons. The quantitative estimate of drug-likeness (QED) is 0.311. The third-order valence-electron chi connectivity index (χ3n) is 6.43. The van der Waals surface area contributed by atoms with Gasteiger partial charge in [0.2, 0.25) is 0 Å². The topological polar surface area (TPSA) is 3.24 Å². The fourth-order valence-corrected chi connectivity index (χ4v) is 5.11. The second-order valence-electron chi connectivity index (χ2n) is 8.02. The van der Waals surface area contributed by atoms with Crippen molar-refractivity contribution in [3.63, 3.8) is 0 Å². The average molecular weight is 333 g/mol. The first-order chi connectivity index (χ1) is 12.5. The van der Waals surface area contributed by atoms with Crippen LogP contribution in [0.25, 0.3) is 11.1 Å². The van der Waals surface area contributed by atoms with Crippen LogP contribution in [-0.4, -0.2) is 0 Å². The Morgan fingerprint density at radius 1 is 0.615 bits per heavy atom. The van der Waals surface area contributed by atoms with Gasteiger partial charge in [0.1, 0.15) is 0 Å². The van der Waals surface area contributed by atoms with E-state index in [-0.39, 0.29) is 5.41 Å². The highest BCUT2D eigenvalue weighted by Gasteiger charge is 2.45. The number of nitrogens with zero attached hydrogens (tertiary/aromatic N) is 1. The van der Waals surface area contributed by atoms with Gasteiger partial charge < -0.3 is 4.90 Å². The average Bonchev–Trinajstić information content (AvgIpc) is 2.66. The van der Waals surface area contributed by atoms with Gasteiger partial charge in [0.15, 0.2) is 0 Å². The Labute approximate surface area is 153 Å². The lowest BCUT2D eigenvalue weighted by molar-refractivity contribution is 0.630. The Morgan fingerprint density at radius 2 is 1.00 bits per heavy atom. The predicted molar refractivity (Wildman–Crippen MR) is 110 cm³/mol. The van der Waals surface area contributed by atoms with Crippen LogP contribution in [0.4, 0.5) is 17.1 Å². The Morgan fingerprint density at radius 3 is 1.46 bits per heavy atom. The van der Waals surface area contributed by atoms with Crippen molar-refractivity contribution in [2.45, 2.75) is 19.3 Å². The molecule has 1 heteroatoms. The fraction of sp³-hybridized carbons (Fsp3) is 0.120. The molecule has 1 nitrogen and oxygen atoms in total. The summed E-state index contributed by atoms with van der Waals surface area (Å²) in [5.74, 6) is 0. The van der Waals surface area contributed by atoms with Gasteiger partial charge in [-0.1, -0.05) is 81.6 Å². The maximum atomic E-state index is 4.47. The van der Waals surface area contributed by atoms with Crippen molar-refractivity contribution in [2.24, 2.45) is 0 Å². The first kappa shape index (κ1) is 14.1. The summed E-state index contributed by atoms with van der Waals surface area (Å²) in [5, 5.41) is 0. The normalized spacial score (nSPS) is 17.2. The van der Waals surface area contributed by atoms with Crippen molar-refractivity contribution in [1.29, 1.82) is 0 Å². The number of hydrogen-bond acceptors (Lipinski definition) is 1. The van der Waals surface area contributed by atoms with Crippen LogP contribution < -0.4 is 4.90 Å². The predicted octanol–water partition coefficient (Wildman–Crippen LogP) is 6.55. The molecular formula is C25H19N. The van der Waals surface area contributed by atoms with Crippen LogP contribution in [0, 0.1) is 0 Å². The lowest BCUT2D eigenvalue weighted by Crippen LogP contribution is -2.35. The molecule has 3 aliphatic heterocycles. The molecule has 0 aliphatic carbocycles. The van der Waals surface area contributed by atoms with Crippen molar-refractivity contribution in [2.75, 3.05) is 4.90 Å². The second kappa shape index (κ2) is 4.19. The van der Waals surface area contributed by atoms with Crippen LogP contribution in [0.2, 0.25) is 0 Å². The molecule has 0 spiro atoms. The van der Waals surface area contributed by atoms with Crippen LogP contribution in [0.15, 0.2) is 67.8 Å². The maximum absolute atomic E-state index is 4.47. The molecule has 0 aromatic heterocycles. The van der Waals surface area contributed by atoms with E-state index in [0.717, 1.165) is 11.1 Å². The molecule has 0 atom stereocenters. The number of anilines is 3. The Bertz CT molecular complexity index is 1110. The zero-order valence-corrected chi connectivity index (χ0v) is 15.1. The van der Waals surface area contributed by atoms with Crippen LogP contribution in [0.3, 0.4) is 0 Å². The molecule has 3 aromatic rings. The first-order valence-electron chi connectivity index (χ1n) is 9.11. The Kier molecular flexibility index (Phi) is 2.28. The van der Waals surface area contributed by atoms with Gasteiger partial charge in [0.25, 0.3) is 0 Å². The van der Waals surface area contributed by atoms with Crippen molar-refractivity contribution in [1.82, 2.24) is 0 Å². The summed E-state index contributed by atoms with van der Waals surface area (Å²) in [4.78, 5) is 2.48. The minimum Gasteiger partial charge on any atom is -0.307 e. The van der Waals surface area contributed by atoms with Crippen molar-refractivity contribution >= 4 is 28.2 Å². The summed E-state index contributed by atoms with van der Waals surface area (Å²) in [7, 11) is 0. The monoisotopic (exact) mass is 333 g/mol. The summed E-state index contributed by atoms with van der Waals surface area (Å²) in [6.45, 7) is 13.6. The van der Waals surface area contributed by atoms with Crippen LogP contribution in [0.5, 0.6) is 0 Å². The minimum absolute atomic E-state index is 0.0580. The van der Waals surface area contributed by atoms with E-state index in [1.54, 1.807) is 0 Å². The molecule has 0 saturated heterocycles. The van der Waals surface area contributed by atoms with Gasteiger partial charge >= 0.3 is 0 Å². The highest BCUT2D eigenvalue weighted by Crippen LogP contribution is 2.63. The highest BCUT2D eigenvalue weighted by molar-refractivity contribution is 6.12. The zero-order chi connectivity index (χ0) is 17.8. The lowest BCUT2D eigenvalue weighted by atomic mass is 9.68. The SMILES string of the molecule is C=C1c2cccc3c2N2c4c1cccc4C(C)(C)c1cccc(c12)C3=C. The molecule has 0 N–H and O–H groups in total. The largest absolute Gasteiger partial charge is 0.307 e. The minimum atomic E-state index is -0.0580. The van der Waals surface area contributed by atoms with Gasteiger partial charge in [0, 0.05) is 27.7 Å². The molecule has 0 saturated carbocycles. The standard InChI is InChI=1S/C25H19N/c1-14-16-8-5-9-17-15(2)19-11-7-13-21-24(19)26(22(16)17)23-18(14)10-6-12-20(23)25(21,3)4/h5-13H,1-2H2,3-4H3. The molecule has 0 bridgehead atoms. The van der Waals surface area contributed by atoms with Crippen LogP contribution >= 0.6 is 0 Å². The van der Waals surface area contributed by atoms with E-state index in [1.807, 2.05) is 0 Å². The fourth-order valence-electron chi connectivity index (χ4n) is 5.11. The van der Waals surface area contributed by atoms with Crippen molar-refractivity contribution in [3.05, 3.63) is 101 Å². The van der Waals surface area contributed by atoms with Gasteiger partial charge in [-0.2, -0.15) is 0 Å². The molecule has 6 rings (SSSR count). The zero-order valence-electron chi connectivity index (χ0n) is 15.1. The number of rotatable bonds is 0. The summed E-state index contributed by atoms with van der Waals surface area (Å²) in [5.41, 5.74) is 13.7. The smallest absolute Gasteiger partial charge is 0.0619 e. The van der Waals surface area contributed by atoms with Gasteiger partial charge in [-0.3, -0.25) is 0 Å². The summed E-state index contributed by atoms with van der Waals surface area (Å²) >= 11 is 0. The molecule has 0 unspecified atom stereocenters. The van der Waals surface area contributed by atoms with E-state index >= 15 is 0 Å². The van der Waals surface area contributed by atoms with E-state index in [4.69, 9.17) is 0 Å². The molecule has 0 amide bonds. The number of hydrogen-bond donors (Lipinski definition) is 0. The van der Waals surface area contributed by atoms with Gasteiger partial charge in [-0.05, 0) is 22.3 Å². The molecule has 124 valence electrons. The van der Waals surface area contributed by atoms with E-state index in [0.29, 0.717) is 0 Å². The molecule has 0 fully saturated rings.